The minimum Gasteiger partial charge on any atom is -0.372 e. The molecule has 2 rings (SSSR count). The van der Waals surface area contributed by atoms with Gasteiger partial charge < -0.3 is 5.11 Å². The molecule has 1 unspecified atom stereocenters. The van der Waals surface area contributed by atoms with Crippen molar-refractivity contribution in [1.29, 1.82) is 0 Å². The summed E-state index contributed by atoms with van der Waals surface area (Å²) in [5.41, 5.74) is 1.76. The molecule has 16 heavy (non-hydrogen) atoms. The summed E-state index contributed by atoms with van der Waals surface area (Å²) in [6.07, 6.45) is 0.398. The predicted octanol–water partition coefficient (Wildman–Crippen LogP) is 1.51. The van der Waals surface area contributed by atoms with Crippen LogP contribution in [0, 0.1) is 0 Å². The molecular weight excluding hydrogens is 296 g/mol. The lowest BCUT2D eigenvalue weighted by Gasteiger charge is -2.30. The third-order valence-electron chi connectivity index (χ3n) is 2.90. The average molecular weight is 307 g/mol. The molecule has 0 spiro atoms. The van der Waals surface area contributed by atoms with Crippen LogP contribution in [0.4, 0.5) is 0 Å². The Labute approximate surface area is 102 Å². The smallest absolute Gasteiger partial charge is 0.295 e. The Bertz CT molecular complexity index is 526. The van der Waals surface area contributed by atoms with E-state index in [4.69, 9.17) is 4.55 Å². The summed E-state index contributed by atoms with van der Waals surface area (Å²) in [7, 11) is -4.43. The molecule has 0 heterocycles. The van der Waals surface area contributed by atoms with Crippen LogP contribution in [0.2, 0.25) is 0 Å². The first kappa shape index (κ1) is 12.0. The number of benzene rings is 1. The van der Waals surface area contributed by atoms with E-state index in [1.807, 2.05) is 6.07 Å². The summed E-state index contributed by atoms with van der Waals surface area (Å²) in [6.45, 7) is 0. The maximum atomic E-state index is 11.1. The van der Waals surface area contributed by atoms with E-state index >= 15 is 0 Å². The number of halogens is 1. The van der Waals surface area contributed by atoms with Crippen LogP contribution in [0.3, 0.4) is 0 Å². The maximum absolute atomic E-state index is 11.1. The fourth-order valence-electron chi connectivity index (χ4n) is 1.94. The quantitative estimate of drug-likeness (QED) is 0.771. The third-order valence-corrected chi connectivity index (χ3v) is 4.70. The third kappa shape index (κ3) is 2.02. The lowest BCUT2D eigenvalue weighted by Crippen LogP contribution is -2.43. The number of hydrogen-bond acceptors (Lipinski definition) is 3. The molecule has 0 radical (unpaired) electrons. The van der Waals surface area contributed by atoms with Crippen molar-refractivity contribution in [1.82, 2.24) is 0 Å². The standard InChI is InChI=1S/C10H11BrO4S/c11-9-2-1-8-6-10(12,16(13,14)15)4-3-7(8)5-9/h1-2,5,12H,3-4,6H2,(H,13,14,15). The second-order valence-electron chi connectivity index (χ2n) is 4.01. The topological polar surface area (TPSA) is 74.6 Å². The largest absolute Gasteiger partial charge is 0.372 e. The van der Waals surface area contributed by atoms with Gasteiger partial charge in [0.25, 0.3) is 10.1 Å². The van der Waals surface area contributed by atoms with Crippen LogP contribution in [0.5, 0.6) is 0 Å². The van der Waals surface area contributed by atoms with E-state index in [0.29, 0.717) is 6.42 Å². The van der Waals surface area contributed by atoms with Crippen LogP contribution in [-0.2, 0) is 23.0 Å². The van der Waals surface area contributed by atoms with Crippen LogP contribution >= 0.6 is 15.9 Å². The van der Waals surface area contributed by atoms with Gasteiger partial charge in [-0.05, 0) is 36.1 Å². The fraction of sp³-hybridized carbons (Fsp3) is 0.400. The molecule has 0 fully saturated rings. The monoisotopic (exact) mass is 306 g/mol. The molecule has 2 N–H and O–H groups in total. The highest BCUT2D eigenvalue weighted by atomic mass is 79.9. The second-order valence-corrected chi connectivity index (χ2v) is 6.64. The zero-order valence-corrected chi connectivity index (χ0v) is 10.8. The molecule has 0 bridgehead atoms. The van der Waals surface area contributed by atoms with Gasteiger partial charge in [-0.15, -0.1) is 0 Å². The Morgan fingerprint density at radius 1 is 1.31 bits per heavy atom. The minimum atomic E-state index is -4.43. The summed E-state index contributed by atoms with van der Waals surface area (Å²) in [6, 6.07) is 5.45. The van der Waals surface area contributed by atoms with E-state index in [1.165, 1.54) is 0 Å². The van der Waals surface area contributed by atoms with E-state index in [1.54, 1.807) is 12.1 Å². The van der Waals surface area contributed by atoms with Gasteiger partial charge in [-0.25, -0.2) is 0 Å². The molecule has 1 atom stereocenters. The molecule has 1 aliphatic carbocycles. The SMILES string of the molecule is O=S(=O)(O)C1(O)CCc2cc(Br)ccc2C1. The first-order valence-electron chi connectivity index (χ1n) is 4.78. The number of aliphatic hydroxyl groups is 1. The van der Waals surface area contributed by atoms with Crippen molar-refractivity contribution in [3.05, 3.63) is 33.8 Å². The molecule has 88 valence electrons. The lowest BCUT2D eigenvalue weighted by molar-refractivity contribution is 0.0982. The predicted molar refractivity (Wildman–Crippen MR) is 62.7 cm³/mol. The number of hydrogen-bond donors (Lipinski definition) is 2. The van der Waals surface area contributed by atoms with Gasteiger partial charge >= 0.3 is 0 Å². The van der Waals surface area contributed by atoms with E-state index in [9.17, 15) is 13.5 Å². The molecular formula is C10H11BrO4S. The van der Waals surface area contributed by atoms with Gasteiger partial charge in [0.1, 0.15) is 0 Å². The van der Waals surface area contributed by atoms with Crippen molar-refractivity contribution in [3.63, 3.8) is 0 Å². The Morgan fingerprint density at radius 3 is 2.62 bits per heavy atom. The van der Waals surface area contributed by atoms with Crippen molar-refractivity contribution >= 4 is 26.0 Å². The van der Waals surface area contributed by atoms with Crippen molar-refractivity contribution < 1.29 is 18.1 Å². The number of fused-ring (bicyclic) bond motifs is 1. The van der Waals surface area contributed by atoms with Gasteiger partial charge in [-0.2, -0.15) is 8.42 Å². The van der Waals surface area contributed by atoms with Gasteiger partial charge in [-0.3, -0.25) is 4.55 Å². The van der Waals surface area contributed by atoms with Gasteiger partial charge in [0.15, 0.2) is 4.93 Å². The molecule has 4 nitrogen and oxygen atoms in total. The first-order chi connectivity index (χ1) is 7.32. The molecule has 1 aromatic carbocycles. The maximum Gasteiger partial charge on any atom is 0.295 e. The number of rotatable bonds is 1. The van der Waals surface area contributed by atoms with Gasteiger partial charge in [-0.1, -0.05) is 22.0 Å². The summed E-state index contributed by atoms with van der Waals surface area (Å²) < 4.78 is 32.1. The van der Waals surface area contributed by atoms with Crippen molar-refractivity contribution in [2.45, 2.75) is 24.2 Å². The average Bonchev–Trinajstić information content (AvgIpc) is 2.17. The van der Waals surface area contributed by atoms with Crippen LogP contribution in [0.25, 0.3) is 0 Å². The summed E-state index contributed by atoms with van der Waals surface area (Å²) in [5, 5.41) is 9.87. The van der Waals surface area contributed by atoms with Gasteiger partial charge in [0.2, 0.25) is 0 Å². The highest BCUT2D eigenvalue weighted by Gasteiger charge is 2.43. The van der Waals surface area contributed by atoms with Gasteiger partial charge in [0.05, 0.1) is 0 Å². The van der Waals surface area contributed by atoms with Crippen LogP contribution in [-0.4, -0.2) is 23.0 Å². The molecule has 0 aromatic heterocycles. The lowest BCUT2D eigenvalue weighted by atomic mass is 9.89. The van der Waals surface area contributed by atoms with Crippen molar-refractivity contribution in [3.8, 4) is 0 Å². The molecule has 1 aromatic rings. The molecule has 0 saturated heterocycles. The minimum absolute atomic E-state index is 0.0231. The van der Waals surface area contributed by atoms with E-state index < -0.39 is 15.1 Å². The Kier molecular flexibility index (Phi) is 2.86. The van der Waals surface area contributed by atoms with Crippen molar-refractivity contribution in [2.24, 2.45) is 0 Å². The molecule has 6 heteroatoms. The first-order valence-corrected chi connectivity index (χ1v) is 7.02. The molecule has 0 saturated carbocycles. The Hall–Kier alpha value is -0.430. The van der Waals surface area contributed by atoms with Gasteiger partial charge in [0, 0.05) is 10.9 Å². The normalized spacial score (nSPS) is 25.2. The molecule has 1 aliphatic rings. The zero-order chi connectivity index (χ0) is 12.0. The van der Waals surface area contributed by atoms with Crippen LogP contribution in [0.15, 0.2) is 22.7 Å². The van der Waals surface area contributed by atoms with Crippen LogP contribution < -0.4 is 0 Å². The van der Waals surface area contributed by atoms with Crippen molar-refractivity contribution in [2.75, 3.05) is 0 Å². The van der Waals surface area contributed by atoms with E-state index in [2.05, 4.69) is 15.9 Å². The summed E-state index contributed by atoms with van der Waals surface area (Å²) in [5.74, 6) is 0. The highest BCUT2D eigenvalue weighted by molar-refractivity contribution is 9.10. The highest BCUT2D eigenvalue weighted by Crippen LogP contribution is 2.33. The fourth-order valence-corrected chi connectivity index (χ4v) is 3.04. The Balaban J connectivity index is 2.42. The summed E-state index contributed by atoms with van der Waals surface area (Å²) >= 11 is 3.33. The van der Waals surface area contributed by atoms with E-state index in [-0.39, 0.29) is 12.8 Å². The molecule has 0 aliphatic heterocycles. The summed E-state index contributed by atoms with van der Waals surface area (Å²) in [4.78, 5) is -2.03. The second kappa shape index (κ2) is 3.80. The van der Waals surface area contributed by atoms with Crippen LogP contribution in [0.1, 0.15) is 17.5 Å². The zero-order valence-electron chi connectivity index (χ0n) is 8.35. The van der Waals surface area contributed by atoms with E-state index in [0.717, 1.165) is 15.6 Å². The number of aryl methyl sites for hydroxylation is 1. The molecule has 0 amide bonds. The Morgan fingerprint density at radius 2 is 2.00 bits per heavy atom.